The van der Waals surface area contributed by atoms with E-state index in [0.717, 1.165) is 29.6 Å². The van der Waals surface area contributed by atoms with E-state index in [1.54, 1.807) is 6.07 Å². The molecular formula is C10H18N4S. The number of nitrogen functional groups attached to an aromatic ring is 1. The zero-order valence-corrected chi connectivity index (χ0v) is 10.3. The summed E-state index contributed by atoms with van der Waals surface area (Å²) in [5.41, 5.74) is 6.58. The molecule has 0 fully saturated rings. The first-order chi connectivity index (χ1) is 7.08. The van der Waals surface area contributed by atoms with Gasteiger partial charge in [-0.1, -0.05) is 0 Å². The molecule has 0 bridgehead atoms. The van der Waals surface area contributed by atoms with Gasteiger partial charge in [-0.3, -0.25) is 0 Å². The maximum Gasteiger partial charge on any atom is 0.140 e. The molecule has 0 atom stereocenters. The first-order valence-electron chi connectivity index (χ1n) is 4.90. The van der Waals surface area contributed by atoms with Crippen molar-refractivity contribution < 1.29 is 0 Å². The van der Waals surface area contributed by atoms with Crippen molar-refractivity contribution in [3.8, 4) is 0 Å². The second-order valence-electron chi connectivity index (χ2n) is 3.71. The number of aromatic nitrogens is 2. The third-order valence-electron chi connectivity index (χ3n) is 1.83. The lowest BCUT2D eigenvalue weighted by Gasteiger charge is -2.08. The van der Waals surface area contributed by atoms with Gasteiger partial charge in [-0.2, -0.15) is 11.8 Å². The Labute approximate surface area is 95.3 Å². The number of rotatable bonds is 5. The Morgan fingerprint density at radius 3 is 2.73 bits per heavy atom. The van der Waals surface area contributed by atoms with Gasteiger partial charge in [0.25, 0.3) is 0 Å². The minimum absolute atomic E-state index is 0.561. The number of hydrogen-bond donors (Lipinski definition) is 1. The highest BCUT2D eigenvalue weighted by molar-refractivity contribution is 7.98. The van der Waals surface area contributed by atoms with Crippen molar-refractivity contribution in [1.29, 1.82) is 0 Å². The molecule has 0 amide bonds. The van der Waals surface area contributed by atoms with E-state index in [0.29, 0.717) is 5.82 Å². The van der Waals surface area contributed by atoms with Crippen molar-refractivity contribution >= 4 is 17.6 Å². The Hall–Kier alpha value is -0.810. The SMILES string of the molecule is Cc1cc(N)nc(CSCCN(C)C)n1. The van der Waals surface area contributed by atoms with E-state index in [-0.39, 0.29) is 0 Å². The first-order valence-corrected chi connectivity index (χ1v) is 6.06. The van der Waals surface area contributed by atoms with Gasteiger partial charge in [0.2, 0.25) is 0 Å². The summed E-state index contributed by atoms with van der Waals surface area (Å²) in [4.78, 5) is 10.7. The Morgan fingerprint density at radius 2 is 2.13 bits per heavy atom. The highest BCUT2D eigenvalue weighted by Crippen LogP contribution is 2.10. The molecule has 1 rings (SSSR count). The quantitative estimate of drug-likeness (QED) is 0.764. The van der Waals surface area contributed by atoms with E-state index in [4.69, 9.17) is 5.73 Å². The predicted octanol–water partition coefficient (Wildman–Crippen LogP) is 1.16. The molecule has 2 N–H and O–H groups in total. The van der Waals surface area contributed by atoms with Crippen LogP contribution in [0.25, 0.3) is 0 Å². The van der Waals surface area contributed by atoms with Crippen LogP contribution in [-0.2, 0) is 5.75 Å². The zero-order chi connectivity index (χ0) is 11.3. The van der Waals surface area contributed by atoms with Gasteiger partial charge in [0.05, 0.1) is 5.75 Å². The molecule has 84 valence electrons. The third-order valence-corrected chi connectivity index (χ3v) is 2.77. The molecule has 0 unspecified atom stereocenters. The topological polar surface area (TPSA) is 55.0 Å². The lowest BCUT2D eigenvalue weighted by Crippen LogP contribution is -2.15. The van der Waals surface area contributed by atoms with E-state index in [9.17, 15) is 0 Å². The highest BCUT2D eigenvalue weighted by Gasteiger charge is 2.00. The average Bonchev–Trinajstić information content (AvgIpc) is 2.10. The van der Waals surface area contributed by atoms with Crippen molar-refractivity contribution in [3.63, 3.8) is 0 Å². The van der Waals surface area contributed by atoms with Crippen molar-refractivity contribution in [2.45, 2.75) is 12.7 Å². The Bertz CT molecular complexity index is 294. The van der Waals surface area contributed by atoms with Crippen molar-refractivity contribution in [2.24, 2.45) is 0 Å². The molecule has 0 aliphatic heterocycles. The van der Waals surface area contributed by atoms with Gasteiger partial charge in [0.15, 0.2) is 0 Å². The van der Waals surface area contributed by atoms with Gasteiger partial charge in [0.1, 0.15) is 11.6 Å². The van der Waals surface area contributed by atoms with Crippen LogP contribution >= 0.6 is 11.8 Å². The van der Waals surface area contributed by atoms with E-state index in [1.807, 2.05) is 18.7 Å². The summed E-state index contributed by atoms with van der Waals surface area (Å²) in [6, 6.07) is 1.79. The van der Waals surface area contributed by atoms with Gasteiger partial charge in [-0.15, -0.1) is 0 Å². The van der Waals surface area contributed by atoms with Gasteiger partial charge < -0.3 is 10.6 Å². The van der Waals surface area contributed by atoms with Crippen molar-refractivity contribution in [1.82, 2.24) is 14.9 Å². The number of anilines is 1. The standard InChI is InChI=1S/C10H18N4S/c1-8-6-9(11)13-10(12-8)7-15-5-4-14(2)3/h6H,4-5,7H2,1-3H3,(H2,11,12,13). The summed E-state index contributed by atoms with van der Waals surface area (Å²) in [5.74, 6) is 3.31. The molecule has 0 aromatic carbocycles. The van der Waals surface area contributed by atoms with Gasteiger partial charge in [0, 0.05) is 24.1 Å². The number of aryl methyl sites for hydroxylation is 1. The smallest absolute Gasteiger partial charge is 0.140 e. The molecule has 1 heterocycles. The van der Waals surface area contributed by atoms with E-state index >= 15 is 0 Å². The zero-order valence-electron chi connectivity index (χ0n) is 9.53. The summed E-state index contributed by atoms with van der Waals surface area (Å²) in [7, 11) is 4.14. The van der Waals surface area contributed by atoms with Crippen LogP contribution in [0.15, 0.2) is 6.07 Å². The normalized spacial score (nSPS) is 10.9. The maximum atomic E-state index is 5.64. The molecule has 0 aliphatic rings. The van der Waals surface area contributed by atoms with Crippen LogP contribution in [0.5, 0.6) is 0 Å². The van der Waals surface area contributed by atoms with Gasteiger partial charge in [-0.05, 0) is 21.0 Å². The number of nitrogens with two attached hydrogens (primary N) is 1. The second-order valence-corrected chi connectivity index (χ2v) is 4.81. The monoisotopic (exact) mass is 226 g/mol. The van der Waals surface area contributed by atoms with Crippen LogP contribution < -0.4 is 5.73 Å². The van der Waals surface area contributed by atoms with E-state index in [1.165, 1.54) is 0 Å². The second kappa shape index (κ2) is 5.92. The molecular weight excluding hydrogens is 208 g/mol. The van der Waals surface area contributed by atoms with Gasteiger partial charge in [-0.25, -0.2) is 9.97 Å². The average molecular weight is 226 g/mol. The molecule has 5 heteroatoms. The van der Waals surface area contributed by atoms with Crippen LogP contribution in [-0.4, -0.2) is 41.3 Å². The van der Waals surface area contributed by atoms with Crippen LogP contribution in [0, 0.1) is 6.92 Å². The lowest BCUT2D eigenvalue weighted by atomic mass is 10.4. The molecule has 15 heavy (non-hydrogen) atoms. The van der Waals surface area contributed by atoms with Crippen LogP contribution in [0.1, 0.15) is 11.5 Å². The summed E-state index contributed by atoms with van der Waals surface area (Å²) in [6.45, 7) is 3.01. The predicted molar refractivity (Wildman–Crippen MR) is 65.9 cm³/mol. The minimum Gasteiger partial charge on any atom is -0.384 e. The lowest BCUT2D eigenvalue weighted by molar-refractivity contribution is 0.437. The molecule has 0 spiro atoms. The summed E-state index contributed by atoms with van der Waals surface area (Å²) in [5, 5.41) is 0. The Kier molecular flexibility index (Phi) is 4.84. The molecule has 4 nitrogen and oxygen atoms in total. The summed E-state index contributed by atoms with van der Waals surface area (Å²) >= 11 is 1.83. The van der Waals surface area contributed by atoms with Crippen LogP contribution in [0.3, 0.4) is 0 Å². The number of thioether (sulfide) groups is 1. The maximum absolute atomic E-state index is 5.64. The third kappa shape index (κ3) is 4.99. The minimum atomic E-state index is 0.561. The molecule has 0 saturated carbocycles. The largest absolute Gasteiger partial charge is 0.384 e. The van der Waals surface area contributed by atoms with Crippen molar-refractivity contribution in [2.75, 3.05) is 32.1 Å². The molecule has 0 saturated heterocycles. The highest BCUT2D eigenvalue weighted by atomic mass is 32.2. The Balaban J connectivity index is 2.37. The van der Waals surface area contributed by atoms with Crippen LogP contribution in [0.4, 0.5) is 5.82 Å². The van der Waals surface area contributed by atoms with Crippen LogP contribution in [0.2, 0.25) is 0 Å². The molecule has 1 aromatic heterocycles. The molecule has 0 radical (unpaired) electrons. The Morgan fingerprint density at radius 1 is 1.40 bits per heavy atom. The summed E-state index contributed by atoms with van der Waals surface area (Å²) < 4.78 is 0. The van der Waals surface area contributed by atoms with Crippen molar-refractivity contribution in [3.05, 3.63) is 17.6 Å². The van der Waals surface area contributed by atoms with E-state index < -0.39 is 0 Å². The first kappa shape index (κ1) is 12.3. The number of nitrogens with zero attached hydrogens (tertiary/aromatic N) is 3. The number of hydrogen-bond acceptors (Lipinski definition) is 5. The van der Waals surface area contributed by atoms with Gasteiger partial charge >= 0.3 is 0 Å². The molecule has 0 aliphatic carbocycles. The summed E-state index contributed by atoms with van der Waals surface area (Å²) in [6.07, 6.45) is 0. The fourth-order valence-corrected chi connectivity index (χ4v) is 2.08. The fourth-order valence-electron chi connectivity index (χ4n) is 1.13. The molecule has 1 aromatic rings. The fraction of sp³-hybridized carbons (Fsp3) is 0.600. The van der Waals surface area contributed by atoms with E-state index in [2.05, 4.69) is 29.0 Å².